The van der Waals surface area contributed by atoms with Crippen LogP contribution in [0.1, 0.15) is 32.3 Å². The Morgan fingerprint density at radius 2 is 2.00 bits per heavy atom. The maximum absolute atomic E-state index is 11.0. The molecule has 4 heteroatoms. The Balaban J connectivity index is 2.22. The number of amides is 1. The molecule has 0 saturated carbocycles. The Morgan fingerprint density at radius 1 is 1.35 bits per heavy atom. The van der Waals surface area contributed by atoms with Crippen molar-refractivity contribution in [2.75, 3.05) is 11.9 Å². The zero-order chi connectivity index (χ0) is 14.8. The molecular formula is C16H20N2O2. The van der Waals surface area contributed by atoms with Gasteiger partial charge in [-0.25, -0.2) is 0 Å². The standard InChI is InChI=1S/C16H20N2O2/c1-11(20)18-13-6-4-12(5-7-13)15-9-17-14(10-19)8-16(15,2)3/h4-8,10,15,17H,9H2,1-3H3,(H,18,20). The van der Waals surface area contributed by atoms with Crippen molar-refractivity contribution in [1.82, 2.24) is 5.32 Å². The van der Waals surface area contributed by atoms with Gasteiger partial charge in [0.2, 0.25) is 5.91 Å². The molecule has 0 fully saturated rings. The first-order valence-electron chi connectivity index (χ1n) is 6.72. The van der Waals surface area contributed by atoms with Crippen LogP contribution >= 0.6 is 0 Å². The molecule has 0 aromatic heterocycles. The topological polar surface area (TPSA) is 58.2 Å². The Labute approximate surface area is 119 Å². The van der Waals surface area contributed by atoms with E-state index < -0.39 is 0 Å². The second-order valence-corrected chi connectivity index (χ2v) is 5.78. The van der Waals surface area contributed by atoms with Crippen LogP contribution in [0.4, 0.5) is 5.69 Å². The summed E-state index contributed by atoms with van der Waals surface area (Å²) >= 11 is 0. The summed E-state index contributed by atoms with van der Waals surface area (Å²) in [4.78, 5) is 21.9. The number of nitrogens with one attached hydrogen (secondary N) is 2. The van der Waals surface area contributed by atoms with Crippen LogP contribution in [0.5, 0.6) is 0 Å². The summed E-state index contributed by atoms with van der Waals surface area (Å²) in [6.45, 7) is 6.48. The van der Waals surface area contributed by atoms with Gasteiger partial charge in [-0.15, -0.1) is 0 Å². The van der Waals surface area contributed by atoms with Crippen molar-refractivity contribution in [1.29, 1.82) is 0 Å². The molecule has 0 bridgehead atoms. The quantitative estimate of drug-likeness (QED) is 0.831. The van der Waals surface area contributed by atoms with Gasteiger partial charge in [0.15, 0.2) is 6.29 Å². The lowest BCUT2D eigenvalue weighted by atomic mass is 9.72. The number of anilines is 1. The molecule has 1 heterocycles. The highest BCUT2D eigenvalue weighted by Gasteiger charge is 2.32. The monoisotopic (exact) mass is 272 g/mol. The van der Waals surface area contributed by atoms with Crippen LogP contribution in [0, 0.1) is 5.41 Å². The molecule has 1 aliphatic rings. The van der Waals surface area contributed by atoms with Crippen molar-refractivity contribution in [3.05, 3.63) is 41.6 Å². The average Bonchev–Trinajstić information content (AvgIpc) is 2.38. The van der Waals surface area contributed by atoms with E-state index in [1.54, 1.807) is 0 Å². The molecule has 0 radical (unpaired) electrons. The lowest BCUT2D eigenvalue weighted by molar-refractivity contribution is -0.114. The maximum Gasteiger partial charge on any atom is 0.221 e. The first kappa shape index (κ1) is 14.3. The lowest BCUT2D eigenvalue weighted by Gasteiger charge is -2.37. The van der Waals surface area contributed by atoms with E-state index in [9.17, 15) is 9.59 Å². The number of carbonyl (C=O) groups excluding carboxylic acids is 2. The third-order valence-electron chi connectivity index (χ3n) is 3.70. The molecule has 0 saturated heterocycles. The second-order valence-electron chi connectivity index (χ2n) is 5.78. The van der Waals surface area contributed by atoms with Crippen LogP contribution in [0.15, 0.2) is 36.0 Å². The molecule has 0 spiro atoms. The number of hydrogen-bond acceptors (Lipinski definition) is 3. The Hall–Kier alpha value is -2.10. The molecule has 1 aromatic carbocycles. The van der Waals surface area contributed by atoms with Crippen molar-refractivity contribution in [3.8, 4) is 0 Å². The summed E-state index contributed by atoms with van der Waals surface area (Å²) < 4.78 is 0. The van der Waals surface area contributed by atoms with Crippen LogP contribution in [-0.4, -0.2) is 18.7 Å². The number of allylic oxidation sites excluding steroid dienone is 2. The van der Waals surface area contributed by atoms with Crippen LogP contribution in [-0.2, 0) is 9.59 Å². The molecule has 2 rings (SSSR count). The normalized spacial score (nSPS) is 20.6. The fourth-order valence-corrected chi connectivity index (χ4v) is 2.66. The molecule has 20 heavy (non-hydrogen) atoms. The van der Waals surface area contributed by atoms with Crippen LogP contribution in [0.3, 0.4) is 0 Å². The second kappa shape index (κ2) is 5.49. The summed E-state index contributed by atoms with van der Waals surface area (Å²) in [5, 5.41) is 5.90. The zero-order valence-corrected chi connectivity index (χ0v) is 12.1. The number of hydrogen-bond donors (Lipinski definition) is 2. The zero-order valence-electron chi connectivity index (χ0n) is 12.1. The van der Waals surface area contributed by atoms with Crippen molar-refractivity contribution >= 4 is 17.9 Å². The van der Waals surface area contributed by atoms with Gasteiger partial charge < -0.3 is 10.6 Å². The number of aldehydes is 1. The van der Waals surface area contributed by atoms with E-state index in [-0.39, 0.29) is 17.2 Å². The highest BCUT2D eigenvalue weighted by Crippen LogP contribution is 2.39. The van der Waals surface area contributed by atoms with Gasteiger partial charge in [0, 0.05) is 25.1 Å². The molecule has 1 aromatic rings. The summed E-state index contributed by atoms with van der Waals surface area (Å²) in [7, 11) is 0. The van der Waals surface area contributed by atoms with Crippen molar-refractivity contribution in [2.45, 2.75) is 26.7 Å². The van der Waals surface area contributed by atoms with E-state index in [2.05, 4.69) is 24.5 Å². The van der Waals surface area contributed by atoms with Gasteiger partial charge in [0.1, 0.15) is 0 Å². The molecule has 1 unspecified atom stereocenters. The van der Waals surface area contributed by atoms with Gasteiger partial charge in [-0.2, -0.15) is 0 Å². The fourth-order valence-electron chi connectivity index (χ4n) is 2.66. The summed E-state index contributed by atoms with van der Waals surface area (Å²) in [5.74, 6) is 0.216. The summed E-state index contributed by atoms with van der Waals surface area (Å²) in [6.07, 6.45) is 2.84. The van der Waals surface area contributed by atoms with Crippen LogP contribution in [0.2, 0.25) is 0 Å². The van der Waals surface area contributed by atoms with Gasteiger partial charge in [-0.3, -0.25) is 9.59 Å². The van der Waals surface area contributed by atoms with E-state index in [1.165, 1.54) is 12.5 Å². The molecular weight excluding hydrogens is 252 g/mol. The fraction of sp³-hybridized carbons (Fsp3) is 0.375. The molecule has 1 aliphatic heterocycles. The van der Waals surface area contributed by atoms with Gasteiger partial charge in [-0.05, 0) is 23.1 Å². The summed E-state index contributed by atoms with van der Waals surface area (Å²) in [6, 6.07) is 7.87. The van der Waals surface area contributed by atoms with E-state index in [4.69, 9.17) is 0 Å². The highest BCUT2D eigenvalue weighted by molar-refractivity contribution is 5.88. The lowest BCUT2D eigenvalue weighted by Crippen LogP contribution is -2.36. The largest absolute Gasteiger partial charge is 0.382 e. The minimum Gasteiger partial charge on any atom is -0.382 e. The molecule has 0 aliphatic carbocycles. The maximum atomic E-state index is 11.0. The first-order valence-corrected chi connectivity index (χ1v) is 6.72. The molecule has 1 amide bonds. The Kier molecular flexibility index (Phi) is 3.93. The molecule has 1 atom stereocenters. The number of benzene rings is 1. The van der Waals surface area contributed by atoms with Gasteiger partial charge in [-0.1, -0.05) is 32.1 Å². The number of carbonyl (C=O) groups is 2. The van der Waals surface area contributed by atoms with Gasteiger partial charge in [0.25, 0.3) is 0 Å². The van der Waals surface area contributed by atoms with Gasteiger partial charge in [0.05, 0.1) is 5.70 Å². The van der Waals surface area contributed by atoms with E-state index in [1.807, 2.05) is 30.3 Å². The molecule has 2 N–H and O–H groups in total. The minimum absolute atomic E-state index is 0.0732. The summed E-state index contributed by atoms with van der Waals surface area (Å²) in [5.41, 5.74) is 2.56. The highest BCUT2D eigenvalue weighted by atomic mass is 16.1. The predicted octanol–water partition coefficient (Wildman–Crippen LogP) is 2.44. The first-order chi connectivity index (χ1) is 9.42. The predicted molar refractivity (Wildman–Crippen MR) is 79.4 cm³/mol. The third kappa shape index (κ3) is 3.07. The van der Waals surface area contributed by atoms with E-state index in [0.29, 0.717) is 5.70 Å². The smallest absolute Gasteiger partial charge is 0.221 e. The average molecular weight is 272 g/mol. The van der Waals surface area contributed by atoms with Crippen molar-refractivity contribution in [2.24, 2.45) is 5.41 Å². The van der Waals surface area contributed by atoms with E-state index in [0.717, 1.165) is 18.5 Å². The van der Waals surface area contributed by atoms with Crippen molar-refractivity contribution < 1.29 is 9.59 Å². The Morgan fingerprint density at radius 3 is 2.50 bits per heavy atom. The minimum atomic E-state index is -0.0863. The van der Waals surface area contributed by atoms with Gasteiger partial charge >= 0.3 is 0 Å². The third-order valence-corrected chi connectivity index (χ3v) is 3.70. The Bertz CT molecular complexity index is 544. The van der Waals surface area contributed by atoms with Crippen LogP contribution in [0.25, 0.3) is 0 Å². The van der Waals surface area contributed by atoms with Crippen LogP contribution < -0.4 is 10.6 Å². The SMILES string of the molecule is CC(=O)Nc1ccc(C2CNC(C=O)=CC2(C)C)cc1. The van der Waals surface area contributed by atoms with Crippen molar-refractivity contribution in [3.63, 3.8) is 0 Å². The van der Waals surface area contributed by atoms with E-state index >= 15 is 0 Å². The molecule has 106 valence electrons. The molecule has 4 nitrogen and oxygen atoms in total. The number of rotatable bonds is 3.